The molecule has 1 aliphatic heterocycles. The summed E-state index contributed by atoms with van der Waals surface area (Å²) in [6.07, 6.45) is 1.02. The molecule has 19 heavy (non-hydrogen) atoms. The SMILES string of the molecule is COc1cc2c(c(OC)c1)NCC(c1cccs1)C2. The molecule has 1 unspecified atom stereocenters. The fourth-order valence-electron chi connectivity index (χ4n) is 2.57. The van der Waals surface area contributed by atoms with Crippen molar-refractivity contribution in [3.05, 3.63) is 40.1 Å². The lowest BCUT2D eigenvalue weighted by Gasteiger charge is -2.27. The summed E-state index contributed by atoms with van der Waals surface area (Å²) in [6, 6.07) is 8.35. The highest BCUT2D eigenvalue weighted by Gasteiger charge is 2.23. The molecule has 2 aromatic rings. The lowest BCUT2D eigenvalue weighted by molar-refractivity contribution is 0.393. The van der Waals surface area contributed by atoms with Gasteiger partial charge < -0.3 is 14.8 Å². The summed E-state index contributed by atoms with van der Waals surface area (Å²) < 4.78 is 10.8. The highest BCUT2D eigenvalue weighted by Crippen LogP contribution is 2.40. The predicted octanol–water partition coefficient (Wildman–Crippen LogP) is 3.52. The van der Waals surface area contributed by atoms with E-state index < -0.39 is 0 Å². The first-order valence-electron chi connectivity index (χ1n) is 6.34. The third-order valence-electron chi connectivity index (χ3n) is 3.55. The van der Waals surface area contributed by atoms with E-state index in [1.54, 1.807) is 14.2 Å². The summed E-state index contributed by atoms with van der Waals surface area (Å²) >= 11 is 1.82. The zero-order chi connectivity index (χ0) is 13.2. The van der Waals surface area contributed by atoms with E-state index in [1.807, 2.05) is 17.4 Å². The lowest BCUT2D eigenvalue weighted by atomic mass is 9.92. The summed E-state index contributed by atoms with van der Waals surface area (Å²) in [5, 5.41) is 5.63. The van der Waals surface area contributed by atoms with Crippen molar-refractivity contribution >= 4 is 17.0 Å². The van der Waals surface area contributed by atoms with Crippen LogP contribution in [0.15, 0.2) is 29.6 Å². The van der Waals surface area contributed by atoms with E-state index >= 15 is 0 Å². The minimum atomic E-state index is 0.532. The van der Waals surface area contributed by atoms with Gasteiger partial charge in [0.25, 0.3) is 0 Å². The van der Waals surface area contributed by atoms with Crippen LogP contribution in [0.25, 0.3) is 0 Å². The lowest BCUT2D eigenvalue weighted by Crippen LogP contribution is -2.21. The van der Waals surface area contributed by atoms with Gasteiger partial charge in [-0.3, -0.25) is 0 Å². The Bertz CT molecular complexity index is 566. The summed E-state index contributed by atoms with van der Waals surface area (Å²) in [7, 11) is 3.39. The van der Waals surface area contributed by atoms with Gasteiger partial charge in [-0.2, -0.15) is 0 Å². The fraction of sp³-hybridized carbons (Fsp3) is 0.333. The molecule has 0 saturated heterocycles. The molecule has 2 heterocycles. The Kier molecular flexibility index (Phi) is 3.34. The second kappa shape index (κ2) is 5.13. The normalized spacial score (nSPS) is 17.5. The van der Waals surface area contributed by atoms with Crippen LogP contribution in [-0.4, -0.2) is 20.8 Å². The molecule has 1 aliphatic rings. The molecule has 3 nitrogen and oxygen atoms in total. The van der Waals surface area contributed by atoms with E-state index in [1.165, 1.54) is 10.4 Å². The van der Waals surface area contributed by atoms with Crippen LogP contribution in [-0.2, 0) is 6.42 Å². The molecule has 0 bridgehead atoms. The van der Waals surface area contributed by atoms with Gasteiger partial charge in [-0.25, -0.2) is 0 Å². The van der Waals surface area contributed by atoms with Gasteiger partial charge in [-0.05, 0) is 29.5 Å². The summed E-state index contributed by atoms with van der Waals surface area (Å²) in [5.41, 5.74) is 2.37. The number of nitrogens with one attached hydrogen (secondary N) is 1. The molecule has 0 radical (unpaired) electrons. The molecule has 1 atom stereocenters. The standard InChI is InChI=1S/C15H17NO2S/c1-17-12-7-10-6-11(14-4-3-5-19-14)9-16-15(10)13(8-12)18-2/h3-5,7-8,11,16H,6,9H2,1-2H3. The Labute approximate surface area is 117 Å². The van der Waals surface area contributed by atoms with Crippen molar-refractivity contribution in [1.82, 2.24) is 0 Å². The maximum atomic E-state index is 5.44. The van der Waals surface area contributed by atoms with Crippen molar-refractivity contribution in [2.75, 3.05) is 26.1 Å². The maximum Gasteiger partial charge on any atom is 0.145 e. The summed E-state index contributed by atoms with van der Waals surface area (Å²) in [5.74, 6) is 2.24. The van der Waals surface area contributed by atoms with Crippen molar-refractivity contribution in [2.45, 2.75) is 12.3 Å². The van der Waals surface area contributed by atoms with Gasteiger partial charge in [0.1, 0.15) is 11.5 Å². The van der Waals surface area contributed by atoms with Gasteiger partial charge in [0.05, 0.1) is 19.9 Å². The van der Waals surface area contributed by atoms with Crippen LogP contribution in [0.5, 0.6) is 11.5 Å². The van der Waals surface area contributed by atoms with E-state index in [9.17, 15) is 0 Å². The molecule has 1 aromatic carbocycles. The van der Waals surface area contributed by atoms with Crippen molar-refractivity contribution in [3.8, 4) is 11.5 Å². The van der Waals surface area contributed by atoms with Crippen LogP contribution in [0.1, 0.15) is 16.4 Å². The van der Waals surface area contributed by atoms with E-state index in [0.717, 1.165) is 30.2 Å². The molecule has 1 N–H and O–H groups in total. The van der Waals surface area contributed by atoms with Gasteiger partial charge in [0, 0.05) is 23.4 Å². The highest BCUT2D eigenvalue weighted by molar-refractivity contribution is 7.10. The first kappa shape index (κ1) is 12.4. The number of anilines is 1. The van der Waals surface area contributed by atoms with Crippen LogP contribution in [0.2, 0.25) is 0 Å². The van der Waals surface area contributed by atoms with Crippen LogP contribution < -0.4 is 14.8 Å². The Morgan fingerprint density at radius 2 is 2.16 bits per heavy atom. The Morgan fingerprint density at radius 3 is 2.84 bits per heavy atom. The Morgan fingerprint density at radius 1 is 1.26 bits per heavy atom. The number of benzene rings is 1. The van der Waals surface area contributed by atoms with Crippen molar-refractivity contribution in [1.29, 1.82) is 0 Å². The first-order valence-corrected chi connectivity index (χ1v) is 7.22. The quantitative estimate of drug-likeness (QED) is 0.929. The Balaban J connectivity index is 1.95. The molecular formula is C15H17NO2S. The molecule has 0 saturated carbocycles. The molecule has 0 spiro atoms. The molecule has 4 heteroatoms. The monoisotopic (exact) mass is 275 g/mol. The molecule has 0 amide bonds. The second-order valence-corrected chi connectivity index (χ2v) is 5.64. The summed E-state index contributed by atoms with van der Waals surface area (Å²) in [4.78, 5) is 1.43. The van der Waals surface area contributed by atoms with Crippen LogP contribution >= 0.6 is 11.3 Å². The summed E-state index contributed by atoms with van der Waals surface area (Å²) in [6.45, 7) is 0.955. The van der Waals surface area contributed by atoms with Crippen LogP contribution in [0.4, 0.5) is 5.69 Å². The molecular weight excluding hydrogens is 258 g/mol. The second-order valence-electron chi connectivity index (χ2n) is 4.66. The molecule has 0 fully saturated rings. The van der Waals surface area contributed by atoms with E-state index in [4.69, 9.17) is 9.47 Å². The molecule has 3 rings (SSSR count). The van der Waals surface area contributed by atoms with E-state index in [0.29, 0.717) is 5.92 Å². The highest BCUT2D eigenvalue weighted by atomic mass is 32.1. The van der Waals surface area contributed by atoms with Crippen LogP contribution in [0, 0.1) is 0 Å². The molecule has 100 valence electrons. The van der Waals surface area contributed by atoms with E-state index in [2.05, 4.69) is 28.9 Å². The zero-order valence-corrected chi connectivity index (χ0v) is 11.9. The number of methoxy groups -OCH3 is 2. The smallest absolute Gasteiger partial charge is 0.145 e. The predicted molar refractivity (Wildman–Crippen MR) is 78.8 cm³/mol. The van der Waals surface area contributed by atoms with E-state index in [-0.39, 0.29) is 0 Å². The van der Waals surface area contributed by atoms with Gasteiger partial charge in [-0.1, -0.05) is 6.07 Å². The van der Waals surface area contributed by atoms with Crippen molar-refractivity contribution in [3.63, 3.8) is 0 Å². The number of rotatable bonds is 3. The van der Waals surface area contributed by atoms with Gasteiger partial charge >= 0.3 is 0 Å². The number of ether oxygens (including phenoxy) is 2. The number of hydrogen-bond acceptors (Lipinski definition) is 4. The number of fused-ring (bicyclic) bond motifs is 1. The minimum absolute atomic E-state index is 0.532. The average Bonchev–Trinajstić information content (AvgIpc) is 2.99. The average molecular weight is 275 g/mol. The Hall–Kier alpha value is -1.68. The molecule has 1 aromatic heterocycles. The third-order valence-corrected chi connectivity index (χ3v) is 4.58. The topological polar surface area (TPSA) is 30.5 Å². The first-order chi connectivity index (χ1) is 9.31. The van der Waals surface area contributed by atoms with Crippen molar-refractivity contribution < 1.29 is 9.47 Å². The zero-order valence-electron chi connectivity index (χ0n) is 11.1. The van der Waals surface area contributed by atoms with Gasteiger partial charge in [-0.15, -0.1) is 11.3 Å². The third kappa shape index (κ3) is 2.28. The van der Waals surface area contributed by atoms with Gasteiger partial charge in [0.15, 0.2) is 0 Å². The fourth-order valence-corrected chi connectivity index (χ4v) is 3.40. The number of thiophene rings is 1. The largest absolute Gasteiger partial charge is 0.497 e. The van der Waals surface area contributed by atoms with Crippen LogP contribution in [0.3, 0.4) is 0 Å². The van der Waals surface area contributed by atoms with Crippen molar-refractivity contribution in [2.24, 2.45) is 0 Å². The minimum Gasteiger partial charge on any atom is -0.497 e. The molecule has 0 aliphatic carbocycles. The van der Waals surface area contributed by atoms with Gasteiger partial charge in [0.2, 0.25) is 0 Å². The maximum absolute atomic E-state index is 5.44. The number of hydrogen-bond donors (Lipinski definition) is 1.